The third-order valence-electron chi connectivity index (χ3n) is 5.34. The highest BCUT2D eigenvalue weighted by molar-refractivity contribution is 6.30. The van der Waals surface area contributed by atoms with E-state index in [-0.39, 0.29) is 0 Å². The summed E-state index contributed by atoms with van der Waals surface area (Å²) in [5.74, 6) is 0.806. The van der Waals surface area contributed by atoms with Crippen molar-refractivity contribution in [2.24, 2.45) is 0 Å². The number of benzene rings is 2. The van der Waals surface area contributed by atoms with Gasteiger partial charge in [0, 0.05) is 23.8 Å². The van der Waals surface area contributed by atoms with Crippen LogP contribution in [0.15, 0.2) is 60.9 Å². The molecule has 0 saturated carbocycles. The third kappa shape index (κ3) is 4.64. The van der Waals surface area contributed by atoms with Crippen LogP contribution in [-0.2, 0) is 13.1 Å². The first-order chi connectivity index (χ1) is 14.7. The van der Waals surface area contributed by atoms with Crippen molar-refractivity contribution in [2.45, 2.75) is 26.9 Å². The number of fused-ring (bicyclic) bond motifs is 1. The fourth-order valence-corrected chi connectivity index (χ4v) is 3.78. The summed E-state index contributed by atoms with van der Waals surface area (Å²) in [6.07, 6.45) is 1.58. The molecule has 2 aromatic heterocycles. The Morgan fingerprint density at radius 2 is 1.77 bits per heavy atom. The molecule has 2 aromatic carbocycles. The standard InChI is InChI=1S/C24H26ClN5/c1-3-30(4-2)15-17-8-10-19(11-9-17)22-13-21-23(27-16-28-24(21)29-22)26-14-18-6-5-7-20(25)12-18/h5-13,16H,3-4,14-15H2,1-2H3,(H2,26,27,28,29). The number of hydrogen-bond acceptors (Lipinski definition) is 4. The van der Waals surface area contributed by atoms with E-state index in [9.17, 15) is 0 Å². The predicted octanol–water partition coefficient (Wildman–Crippen LogP) is 5.73. The number of nitrogens with zero attached hydrogens (tertiary/aromatic N) is 3. The number of rotatable bonds is 8. The summed E-state index contributed by atoms with van der Waals surface area (Å²) < 4.78 is 0. The van der Waals surface area contributed by atoms with Gasteiger partial charge in [-0.3, -0.25) is 4.90 Å². The van der Waals surface area contributed by atoms with E-state index in [0.717, 1.165) is 58.3 Å². The topological polar surface area (TPSA) is 56.8 Å². The molecule has 0 bridgehead atoms. The summed E-state index contributed by atoms with van der Waals surface area (Å²) in [6.45, 7) is 8.13. The van der Waals surface area contributed by atoms with Crippen molar-refractivity contribution in [1.29, 1.82) is 0 Å². The van der Waals surface area contributed by atoms with Crippen molar-refractivity contribution in [3.63, 3.8) is 0 Å². The fourth-order valence-electron chi connectivity index (χ4n) is 3.56. The van der Waals surface area contributed by atoms with Gasteiger partial charge in [0.1, 0.15) is 17.8 Å². The van der Waals surface area contributed by atoms with Crippen molar-refractivity contribution in [1.82, 2.24) is 19.9 Å². The van der Waals surface area contributed by atoms with Crippen molar-refractivity contribution in [3.05, 3.63) is 77.1 Å². The normalized spacial score (nSPS) is 11.3. The number of aromatic amines is 1. The Labute approximate surface area is 182 Å². The minimum absolute atomic E-state index is 0.646. The minimum atomic E-state index is 0.646. The molecule has 0 radical (unpaired) electrons. The Kier molecular flexibility index (Phi) is 6.31. The fraction of sp³-hybridized carbons (Fsp3) is 0.250. The molecule has 0 unspecified atom stereocenters. The first-order valence-corrected chi connectivity index (χ1v) is 10.7. The van der Waals surface area contributed by atoms with E-state index >= 15 is 0 Å². The maximum atomic E-state index is 6.09. The lowest BCUT2D eigenvalue weighted by molar-refractivity contribution is 0.296. The molecule has 0 aliphatic heterocycles. The van der Waals surface area contributed by atoms with Gasteiger partial charge in [-0.2, -0.15) is 0 Å². The molecule has 0 atom stereocenters. The zero-order valence-electron chi connectivity index (χ0n) is 17.3. The highest BCUT2D eigenvalue weighted by Gasteiger charge is 2.10. The van der Waals surface area contributed by atoms with Crippen LogP contribution in [0.1, 0.15) is 25.0 Å². The van der Waals surface area contributed by atoms with E-state index in [2.05, 4.69) is 69.3 Å². The molecule has 5 nitrogen and oxygen atoms in total. The van der Waals surface area contributed by atoms with E-state index in [4.69, 9.17) is 11.6 Å². The van der Waals surface area contributed by atoms with Crippen LogP contribution in [0, 0.1) is 0 Å². The van der Waals surface area contributed by atoms with E-state index in [1.807, 2.05) is 24.3 Å². The Morgan fingerprint density at radius 1 is 0.967 bits per heavy atom. The predicted molar refractivity (Wildman–Crippen MR) is 125 cm³/mol. The molecule has 30 heavy (non-hydrogen) atoms. The van der Waals surface area contributed by atoms with Gasteiger partial charge < -0.3 is 10.3 Å². The van der Waals surface area contributed by atoms with Crippen LogP contribution < -0.4 is 5.32 Å². The lowest BCUT2D eigenvalue weighted by atomic mass is 10.1. The number of anilines is 1. The summed E-state index contributed by atoms with van der Waals surface area (Å²) in [4.78, 5) is 14.7. The highest BCUT2D eigenvalue weighted by Crippen LogP contribution is 2.27. The third-order valence-corrected chi connectivity index (χ3v) is 5.58. The number of halogens is 1. The molecular formula is C24H26ClN5. The van der Waals surface area contributed by atoms with Gasteiger partial charge in [0.05, 0.1) is 5.39 Å². The molecule has 0 saturated heterocycles. The maximum absolute atomic E-state index is 6.09. The van der Waals surface area contributed by atoms with Gasteiger partial charge in [-0.1, -0.05) is 61.8 Å². The Balaban J connectivity index is 1.54. The molecule has 0 aliphatic rings. The second-order valence-corrected chi connectivity index (χ2v) is 7.75. The summed E-state index contributed by atoms with van der Waals surface area (Å²) in [5, 5.41) is 5.11. The van der Waals surface area contributed by atoms with E-state index in [0.29, 0.717) is 6.54 Å². The van der Waals surface area contributed by atoms with Crippen molar-refractivity contribution in [3.8, 4) is 11.3 Å². The second-order valence-electron chi connectivity index (χ2n) is 7.31. The highest BCUT2D eigenvalue weighted by atomic mass is 35.5. The van der Waals surface area contributed by atoms with Crippen LogP contribution in [-0.4, -0.2) is 32.9 Å². The molecule has 0 amide bonds. The molecule has 154 valence electrons. The molecular weight excluding hydrogens is 394 g/mol. The zero-order chi connectivity index (χ0) is 20.9. The number of hydrogen-bond donors (Lipinski definition) is 2. The zero-order valence-corrected chi connectivity index (χ0v) is 18.1. The summed E-state index contributed by atoms with van der Waals surface area (Å²) >= 11 is 6.09. The maximum Gasteiger partial charge on any atom is 0.143 e. The quantitative estimate of drug-likeness (QED) is 0.382. The van der Waals surface area contributed by atoms with Crippen LogP contribution in [0.4, 0.5) is 5.82 Å². The van der Waals surface area contributed by atoms with E-state index < -0.39 is 0 Å². The van der Waals surface area contributed by atoms with Gasteiger partial charge in [0.25, 0.3) is 0 Å². The lowest BCUT2D eigenvalue weighted by Crippen LogP contribution is -2.21. The molecule has 6 heteroatoms. The Hall–Kier alpha value is -2.89. The van der Waals surface area contributed by atoms with Crippen molar-refractivity contribution in [2.75, 3.05) is 18.4 Å². The molecule has 2 heterocycles. The van der Waals surface area contributed by atoms with E-state index in [1.165, 1.54) is 5.56 Å². The number of H-pyrrole nitrogens is 1. The first-order valence-electron chi connectivity index (χ1n) is 10.3. The average Bonchev–Trinajstić information content (AvgIpc) is 3.21. The second kappa shape index (κ2) is 9.28. The van der Waals surface area contributed by atoms with Gasteiger partial charge in [0.2, 0.25) is 0 Å². The monoisotopic (exact) mass is 419 g/mol. The van der Waals surface area contributed by atoms with Crippen LogP contribution in [0.3, 0.4) is 0 Å². The summed E-state index contributed by atoms with van der Waals surface area (Å²) in [5.41, 5.74) is 5.42. The SMILES string of the molecule is CCN(CC)Cc1ccc(-c2cc3c(NCc4cccc(Cl)c4)ncnc3[nH]2)cc1. The van der Waals surface area contributed by atoms with E-state index in [1.54, 1.807) is 6.33 Å². The number of aromatic nitrogens is 3. The smallest absolute Gasteiger partial charge is 0.143 e. The Bertz CT molecular complexity index is 1120. The van der Waals surface area contributed by atoms with Crippen LogP contribution in [0.5, 0.6) is 0 Å². The van der Waals surface area contributed by atoms with Crippen molar-refractivity contribution >= 4 is 28.5 Å². The van der Waals surface area contributed by atoms with Crippen LogP contribution in [0.25, 0.3) is 22.3 Å². The molecule has 2 N–H and O–H groups in total. The van der Waals surface area contributed by atoms with Gasteiger partial charge in [-0.05, 0) is 48.0 Å². The molecule has 0 aliphatic carbocycles. The van der Waals surface area contributed by atoms with Gasteiger partial charge in [-0.25, -0.2) is 9.97 Å². The summed E-state index contributed by atoms with van der Waals surface area (Å²) in [6, 6.07) is 18.6. The van der Waals surface area contributed by atoms with Crippen LogP contribution >= 0.6 is 11.6 Å². The van der Waals surface area contributed by atoms with Crippen LogP contribution in [0.2, 0.25) is 5.02 Å². The minimum Gasteiger partial charge on any atom is -0.365 e. The van der Waals surface area contributed by atoms with Crippen molar-refractivity contribution < 1.29 is 0 Å². The molecule has 4 aromatic rings. The van der Waals surface area contributed by atoms with Gasteiger partial charge in [-0.15, -0.1) is 0 Å². The number of nitrogens with one attached hydrogen (secondary N) is 2. The molecule has 0 fully saturated rings. The average molecular weight is 420 g/mol. The largest absolute Gasteiger partial charge is 0.365 e. The van der Waals surface area contributed by atoms with Gasteiger partial charge in [0.15, 0.2) is 0 Å². The summed E-state index contributed by atoms with van der Waals surface area (Å²) in [7, 11) is 0. The lowest BCUT2D eigenvalue weighted by Gasteiger charge is -2.17. The van der Waals surface area contributed by atoms with Gasteiger partial charge >= 0.3 is 0 Å². The Morgan fingerprint density at radius 3 is 2.50 bits per heavy atom. The first kappa shape index (κ1) is 20.4. The molecule has 4 rings (SSSR count). The molecule has 0 spiro atoms.